The molecule has 0 aliphatic carbocycles. The first-order valence-corrected chi connectivity index (χ1v) is 6.01. The van der Waals surface area contributed by atoms with Gasteiger partial charge in [0.05, 0.1) is 12.6 Å². The summed E-state index contributed by atoms with van der Waals surface area (Å²) < 4.78 is 0. The van der Waals surface area contributed by atoms with Gasteiger partial charge in [-0.25, -0.2) is 9.59 Å². The van der Waals surface area contributed by atoms with Gasteiger partial charge in [-0.05, 0) is 19.3 Å². The molecule has 0 spiro atoms. The number of carboxylic acid groups (broad SMARTS) is 1. The maximum Gasteiger partial charge on any atom is 0.326 e. The summed E-state index contributed by atoms with van der Waals surface area (Å²) >= 11 is 0. The summed E-state index contributed by atoms with van der Waals surface area (Å²) in [4.78, 5) is 24.3. The highest BCUT2D eigenvalue weighted by molar-refractivity contribution is 5.82. The van der Waals surface area contributed by atoms with E-state index in [2.05, 4.69) is 5.32 Å². The van der Waals surface area contributed by atoms with Crippen molar-refractivity contribution < 1.29 is 19.8 Å². The number of aliphatic hydroxyl groups excluding tert-OH is 1. The Morgan fingerprint density at radius 1 is 1.53 bits per heavy atom. The Balaban J connectivity index is 2.54. The number of nitrogens with one attached hydrogen (secondary N) is 1. The lowest BCUT2D eigenvalue weighted by Gasteiger charge is -2.25. The van der Waals surface area contributed by atoms with Crippen LogP contribution >= 0.6 is 0 Å². The van der Waals surface area contributed by atoms with Gasteiger partial charge in [-0.2, -0.15) is 0 Å². The highest BCUT2D eigenvalue weighted by atomic mass is 16.4. The topological polar surface area (TPSA) is 89.9 Å². The number of carbonyl (C=O) groups is 2. The lowest BCUT2D eigenvalue weighted by Crippen LogP contribution is -2.50. The molecule has 1 aliphatic heterocycles. The fraction of sp³-hybridized carbons (Fsp3) is 0.818. The van der Waals surface area contributed by atoms with E-state index in [1.165, 1.54) is 4.90 Å². The molecule has 6 nitrogen and oxygen atoms in total. The minimum absolute atomic E-state index is 0.0705. The smallest absolute Gasteiger partial charge is 0.326 e. The van der Waals surface area contributed by atoms with Gasteiger partial charge in [-0.3, -0.25) is 0 Å². The van der Waals surface area contributed by atoms with E-state index >= 15 is 0 Å². The molecule has 2 atom stereocenters. The van der Waals surface area contributed by atoms with Gasteiger partial charge in [-0.15, -0.1) is 0 Å². The highest BCUT2D eigenvalue weighted by Crippen LogP contribution is 2.16. The molecule has 1 rings (SSSR count). The summed E-state index contributed by atoms with van der Waals surface area (Å²) in [7, 11) is 0. The van der Waals surface area contributed by atoms with Crippen LogP contribution in [0.1, 0.15) is 32.6 Å². The van der Waals surface area contributed by atoms with Crippen molar-refractivity contribution >= 4 is 12.0 Å². The van der Waals surface area contributed by atoms with Crippen LogP contribution in [0.25, 0.3) is 0 Å². The van der Waals surface area contributed by atoms with Gasteiger partial charge in [-0.1, -0.05) is 13.3 Å². The number of hydrogen-bond donors (Lipinski definition) is 3. The highest BCUT2D eigenvalue weighted by Gasteiger charge is 2.30. The molecular weight excluding hydrogens is 224 g/mol. The molecule has 0 aromatic rings. The van der Waals surface area contributed by atoms with E-state index in [1.807, 2.05) is 6.92 Å². The van der Waals surface area contributed by atoms with Gasteiger partial charge >= 0.3 is 12.0 Å². The average Bonchev–Trinajstić information content (AvgIpc) is 2.76. The van der Waals surface area contributed by atoms with Crippen LogP contribution in [0.15, 0.2) is 0 Å². The molecular formula is C11H20N2O4. The summed E-state index contributed by atoms with van der Waals surface area (Å²) in [6.07, 6.45) is 2.74. The molecule has 3 N–H and O–H groups in total. The number of likely N-dealkylation sites (tertiary alicyclic amines) is 1. The van der Waals surface area contributed by atoms with Crippen LogP contribution < -0.4 is 5.32 Å². The van der Waals surface area contributed by atoms with Gasteiger partial charge in [0.25, 0.3) is 0 Å². The van der Waals surface area contributed by atoms with E-state index in [0.29, 0.717) is 19.4 Å². The molecule has 98 valence electrons. The summed E-state index contributed by atoms with van der Waals surface area (Å²) in [5.41, 5.74) is 0. The normalized spacial score (nSPS) is 21.3. The number of carbonyl (C=O) groups excluding carboxylic acids is 1. The third-order valence-electron chi connectivity index (χ3n) is 3.02. The van der Waals surface area contributed by atoms with Crippen molar-refractivity contribution in [1.82, 2.24) is 10.2 Å². The Kier molecular flexibility index (Phi) is 5.21. The van der Waals surface area contributed by atoms with E-state index in [-0.39, 0.29) is 18.7 Å². The second-order valence-electron chi connectivity index (χ2n) is 4.30. The largest absolute Gasteiger partial charge is 0.480 e. The fourth-order valence-corrected chi connectivity index (χ4v) is 2.07. The SMILES string of the molecule is CCC[C@@H](NC(=O)N1CCCC1CO)C(=O)O. The van der Waals surface area contributed by atoms with Crippen LogP contribution in [-0.2, 0) is 4.79 Å². The first-order valence-electron chi connectivity index (χ1n) is 6.01. The van der Waals surface area contributed by atoms with E-state index in [9.17, 15) is 9.59 Å². The molecule has 0 radical (unpaired) electrons. The fourth-order valence-electron chi connectivity index (χ4n) is 2.07. The first kappa shape index (κ1) is 13.8. The van der Waals surface area contributed by atoms with Crippen LogP contribution in [0.3, 0.4) is 0 Å². The predicted octanol–water partition coefficient (Wildman–Crippen LogP) is 0.406. The standard InChI is InChI=1S/C11H20N2O4/c1-2-4-9(10(15)16)12-11(17)13-6-3-5-8(13)7-14/h8-9,14H,2-7H2,1H3,(H,12,17)(H,15,16)/t8?,9-/m1/s1. The number of rotatable bonds is 5. The number of carboxylic acids is 1. The van der Waals surface area contributed by atoms with Gasteiger partial charge in [0, 0.05) is 6.54 Å². The lowest BCUT2D eigenvalue weighted by molar-refractivity contribution is -0.139. The lowest BCUT2D eigenvalue weighted by atomic mass is 10.2. The Bertz CT molecular complexity index is 283. The molecule has 2 amide bonds. The summed E-state index contributed by atoms with van der Waals surface area (Å²) in [5.74, 6) is -1.01. The molecule has 1 unspecified atom stereocenters. The van der Waals surface area contributed by atoms with Crippen LogP contribution in [0.4, 0.5) is 4.79 Å². The number of aliphatic carboxylic acids is 1. The molecule has 1 saturated heterocycles. The van der Waals surface area contributed by atoms with Crippen LogP contribution in [0.5, 0.6) is 0 Å². The zero-order valence-electron chi connectivity index (χ0n) is 10.1. The number of nitrogens with zero attached hydrogens (tertiary/aromatic N) is 1. The second-order valence-corrected chi connectivity index (χ2v) is 4.30. The van der Waals surface area contributed by atoms with Crippen molar-refractivity contribution in [2.45, 2.75) is 44.7 Å². The quantitative estimate of drug-likeness (QED) is 0.653. The first-order chi connectivity index (χ1) is 8.10. The van der Waals surface area contributed by atoms with Crippen molar-refractivity contribution in [2.75, 3.05) is 13.2 Å². The minimum atomic E-state index is -1.01. The van der Waals surface area contributed by atoms with Crippen molar-refractivity contribution in [3.63, 3.8) is 0 Å². The van der Waals surface area contributed by atoms with E-state index < -0.39 is 12.0 Å². The zero-order valence-corrected chi connectivity index (χ0v) is 10.1. The number of urea groups is 1. The van der Waals surface area contributed by atoms with E-state index in [1.54, 1.807) is 0 Å². The maximum atomic E-state index is 11.8. The molecule has 0 saturated carbocycles. The summed E-state index contributed by atoms with van der Waals surface area (Å²) in [6, 6.07) is -1.40. The number of aliphatic hydroxyl groups is 1. The monoisotopic (exact) mass is 244 g/mol. The number of amides is 2. The van der Waals surface area contributed by atoms with Crippen molar-refractivity contribution in [2.24, 2.45) is 0 Å². The Labute approximate surface area is 101 Å². The van der Waals surface area contributed by atoms with Crippen LogP contribution in [-0.4, -0.2) is 52.3 Å². The molecule has 17 heavy (non-hydrogen) atoms. The molecule has 1 heterocycles. The van der Waals surface area contributed by atoms with Gasteiger partial charge in [0.15, 0.2) is 0 Å². The third kappa shape index (κ3) is 3.59. The van der Waals surface area contributed by atoms with Crippen LogP contribution in [0.2, 0.25) is 0 Å². The molecule has 0 aromatic carbocycles. The van der Waals surface area contributed by atoms with Gasteiger partial charge < -0.3 is 20.4 Å². The molecule has 0 aromatic heterocycles. The van der Waals surface area contributed by atoms with Crippen molar-refractivity contribution in [1.29, 1.82) is 0 Å². The summed E-state index contributed by atoms with van der Waals surface area (Å²) in [5, 5.41) is 20.5. The zero-order chi connectivity index (χ0) is 12.8. The number of hydrogen-bond acceptors (Lipinski definition) is 3. The molecule has 0 bridgehead atoms. The second kappa shape index (κ2) is 6.44. The molecule has 1 aliphatic rings. The summed E-state index contributed by atoms with van der Waals surface area (Å²) in [6.45, 7) is 2.38. The maximum absolute atomic E-state index is 11.8. The Morgan fingerprint density at radius 3 is 2.76 bits per heavy atom. The Hall–Kier alpha value is -1.30. The third-order valence-corrected chi connectivity index (χ3v) is 3.02. The molecule has 6 heteroatoms. The Morgan fingerprint density at radius 2 is 2.24 bits per heavy atom. The van der Waals surface area contributed by atoms with Gasteiger partial charge in [0.2, 0.25) is 0 Å². The minimum Gasteiger partial charge on any atom is -0.480 e. The molecule has 1 fully saturated rings. The van der Waals surface area contributed by atoms with Crippen LogP contribution in [0, 0.1) is 0 Å². The average molecular weight is 244 g/mol. The predicted molar refractivity (Wildman–Crippen MR) is 61.7 cm³/mol. The van der Waals surface area contributed by atoms with Gasteiger partial charge in [0.1, 0.15) is 6.04 Å². The van der Waals surface area contributed by atoms with Crippen molar-refractivity contribution in [3.8, 4) is 0 Å². The van der Waals surface area contributed by atoms with E-state index in [0.717, 1.165) is 12.8 Å². The van der Waals surface area contributed by atoms with E-state index in [4.69, 9.17) is 10.2 Å². The van der Waals surface area contributed by atoms with Crippen molar-refractivity contribution in [3.05, 3.63) is 0 Å².